The molecule has 0 radical (unpaired) electrons. The molecule has 1 saturated carbocycles. The second-order valence-electron chi connectivity index (χ2n) is 4.78. The summed E-state index contributed by atoms with van der Waals surface area (Å²) in [6.07, 6.45) is 7.23. The van der Waals surface area contributed by atoms with Crippen molar-refractivity contribution in [1.29, 1.82) is 0 Å². The van der Waals surface area contributed by atoms with E-state index in [0.29, 0.717) is 5.41 Å². The van der Waals surface area contributed by atoms with Crippen LogP contribution in [-0.4, -0.2) is 34.5 Å². The van der Waals surface area contributed by atoms with E-state index in [2.05, 4.69) is 26.6 Å². The molecular weight excluding hydrogens is 223 g/mol. The molecule has 0 saturated heterocycles. The minimum absolute atomic E-state index is 0. The summed E-state index contributed by atoms with van der Waals surface area (Å²) in [6, 6.07) is 0. The first-order valence-electron chi connectivity index (χ1n) is 5.05. The Morgan fingerprint density at radius 2 is 1.57 bits per heavy atom. The van der Waals surface area contributed by atoms with Gasteiger partial charge in [0.1, 0.15) is 0 Å². The van der Waals surface area contributed by atoms with Crippen molar-refractivity contribution in [3.63, 3.8) is 0 Å². The zero-order chi connectivity index (χ0) is 9.03. The first-order valence-corrected chi connectivity index (χ1v) is 6.01. The minimum Gasteiger partial charge on any atom is -1.00 e. The van der Waals surface area contributed by atoms with Gasteiger partial charge in [-0.15, -0.1) is 0 Å². The van der Waals surface area contributed by atoms with Gasteiger partial charge >= 0.3 is 23.1 Å². The van der Waals surface area contributed by atoms with Gasteiger partial charge in [-0.2, -0.15) is 5.41 Å². The number of hydrogen-bond acceptors (Lipinski definition) is 0. The molecule has 78 valence electrons. The topological polar surface area (TPSA) is 0 Å². The molecule has 1 fully saturated rings. The SMILES string of the molecule is CC(C)(C)[C-]=PC1CCCCC1.[Cl-].[Mg+2]. The zero-order valence-electron chi connectivity index (χ0n) is 9.65. The maximum absolute atomic E-state index is 3.56. The fourth-order valence-electron chi connectivity index (χ4n) is 1.50. The molecule has 0 amide bonds. The van der Waals surface area contributed by atoms with Crippen LogP contribution in [0.2, 0.25) is 0 Å². The molecule has 0 N–H and O–H groups in total. The molecule has 1 aliphatic carbocycles. The number of rotatable bonds is 1. The van der Waals surface area contributed by atoms with Gasteiger partial charge in [-0.1, -0.05) is 40.0 Å². The monoisotopic (exact) mass is 242 g/mol. The summed E-state index contributed by atoms with van der Waals surface area (Å²) in [7, 11) is 1.47. The van der Waals surface area contributed by atoms with Gasteiger partial charge in [0.25, 0.3) is 0 Å². The Morgan fingerprint density at radius 3 is 2.00 bits per heavy atom. The summed E-state index contributed by atoms with van der Waals surface area (Å²) >= 11 is 0. The summed E-state index contributed by atoms with van der Waals surface area (Å²) in [5.74, 6) is 3.56. The Balaban J connectivity index is 0. The molecule has 14 heavy (non-hydrogen) atoms. The maximum Gasteiger partial charge on any atom is 2.00 e. The van der Waals surface area contributed by atoms with Crippen LogP contribution in [0.4, 0.5) is 0 Å². The van der Waals surface area contributed by atoms with Crippen LogP contribution < -0.4 is 12.4 Å². The fourth-order valence-corrected chi connectivity index (χ4v) is 2.69. The maximum atomic E-state index is 3.56. The molecule has 0 aliphatic heterocycles. The van der Waals surface area contributed by atoms with E-state index in [1.807, 2.05) is 0 Å². The smallest absolute Gasteiger partial charge is 1.00 e. The molecule has 0 unspecified atom stereocenters. The van der Waals surface area contributed by atoms with Crippen LogP contribution in [0.15, 0.2) is 0 Å². The average molecular weight is 243 g/mol. The quantitative estimate of drug-likeness (QED) is 0.359. The normalized spacial score (nSPS) is 18.8. The molecular formula is C11H20ClMgP. The summed E-state index contributed by atoms with van der Waals surface area (Å²) in [5.41, 5.74) is 1.22. The predicted octanol–water partition coefficient (Wildman–Crippen LogP) is 0.614. The minimum atomic E-state index is 0. The Labute approximate surface area is 113 Å². The summed E-state index contributed by atoms with van der Waals surface area (Å²) in [4.78, 5) is 0. The van der Waals surface area contributed by atoms with Gasteiger partial charge in [0, 0.05) is 0 Å². The van der Waals surface area contributed by atoms with E-state index in [1.165, 1.54) is 40.3 Å². The van der Waals surface area contributed by atoms with E-state index in [4.69, 9.17) is 0 Å². The van der Waals surface area contributed by atoms with Crippen LogP contribution in [0.5, 0.6) is 0 Å². The van der Waals surface area contributed by atoms with Crippen molar-refractivity contribution < 1.29 is 12.4 Å². The van der Waals surface area contributed by atoms with Crippen molar-refractivity contribution in [2.75, 3.05) is 0 Å². The Morgan fingerprint density at radius 1 is 1.07 bits per heavy atom. The largest absolute Gasteiger partial charge is 2.00 e. The van der Waals surface area contributed by atoms with Crippen molar-refractivity contribution in [2.24, 2.45) is 5.41 Å². The van der Waals surface area contributed by atoms with Gasteiger partial charge in [0.05, 0.1) is 0 Å². The van der Waals surface area contributed by atoms with Crippen LogP contribution in [0.25, 0.3) is 0 Å². The van der Waals surface area contributed by atoms with Crippen molar-refractivity contribution in [1.82, 2.24) is 0 Å². The zero-order valence-corrected chi connectivity index (χ0v) is 12.7. The van der Waals surface area contributed by atoms with Gasteiger partial charge < -0.3 is 26.4 Å². The van der Waals surface area contributed by atoms with E-state index in [-0.39, 0.29) is 35.5 Å². The molecule has 1 aliphatic rings. The fraction of sp³-hybridized carbons (Fsp3) is 0.909. The summed E-state index contributed by atoms with van der Waals surface area (Å²) in [6.45, 7) is 6.72. The van der Waals surface area contributed by atoms with E-state index in [1.54, 1.807) is 0 Å². The second-order valence-corrected chi connectivity index (χ2v) is 5.99. The predicted molar refractivity (Wildman–Crippen MR) is 64.0 cm³/mol. The molecule has 0 nitrogen and oxygen atoms in total. The number of halogens is 1. The standard InChI is InChI=1S/C11H20P.ClH.Mg/c1-11(2,3)9-12-10-7-5-4-6-8-10;;/h10H,4-8H2,1-3H3;1H;/q-1;;+2/p-1. The first kappa shape index (κ1) is 17.6. The Kier molecular flexibility index (Phi) is 10.6. The molecule has 1 rings (SSSR count). The van der Waals surface area contributed by atoms with Gasteiger partial charge in [-0.3, -0.25) is 0 Å². The van der Waals surface area contributed by atoms with E-state index in [0.717, 1.165) is 5.66 Å². The van der Waals surface area contributed by atoms with Crippen molar-refractivity contribution >= 4 is 37.1 Å². The molecule has 3 heteroatoms. The van der Waals surface area contributed by atoms with E-state index in [9.17, 15) is 0 Å². The molecule has 0 aromatic carbocycles. The first-order chi connectivity index (χ1) is 5.58. The van der Waals surface area contributed by atoms with Crippen LogP contribution in [0.3, 0.4) is 0 Å². The molecule has 0 aromatic heterocycles. The van der Waals surface area contributed by atoms with E-state index >= 15 is 0 Å². The average Bonchev–Trinajstić information content (AvgIpc) is 2.02. The van der Waals surface area contributed by atoms with Gasteiger partial charge in [0.2, 0.25) is 0 Å². The van der Waals surface area contributed by atoms with Gasteiger partial charge in [-0.05, 0) is 18.5 Å². The number of hydrogen-bond donors (Lipinski definition) is 0. The molecule has 0 heterocycles. The van der Waals surface area contributed by atoms with Gasteiger partial charge in [-0.25, -0.2) is 0 Å². The Hall–Kier alpha value is 1.23. The Bertz CT molecular complexity index is 157. The molecule has 0 aromatic rings. The summed E-state index contributed by atoms with van der Waals surface area (Å²) in [5, 5.41) is 0. The summed E-state index contributed by atoms with van der Waals surface area (Å²) < 4.78 is 0. The third kappa shape index (κ3) is 8.53. The van der Waals surface area contributed by atoms with Crippen molar-refractivity contribution in [3.8, 4) is 0 Å². The van der Waals surface area contributed by atoms with Crippen LogP contribution >= 0.6 is 8.20 Å². The van der Waals surface area contributed by atoms with Gasteiger partial charge in [0.15, 0.2) is 0 Å². The van der Waals surface area contributed by atoms with Crippen molar-refractivity contribution in [2.45, 2.75) is 58.5 Å². The second kappa shape index (κ2) is 8.39. The van der Waals surface area contributed by atoms with Crippen LogP contribution in [0, 0.1) is 5.41 Å². The molecule has 0 bridgehead atoms. The van der Waals surface area contributed by atoms with Crippen LogP contribution in [0.1, 0.15) is 52.9 Å². The van der Waals surface area contributed by atoms with E-state index < -0.39 is 0 Å². The third-order valence-corrected chi connectivity index (χ3v) is 3.84. The molecule has 0 atom stereocenters. The molecule has 0 spiro atoms. The third-order valence-electron chi connectivity index (χ3n) is 2.16. The van der Waals surface area contributed by atoms with Crippen molar-refractivity contribution in [3.05, 3.63) is 0 Å². The van der Waals surface area contributed by atoms with Crippen LogP contribution in [-0.2, 0) is 0 Å².